The van der Waals surface area contributed by atoms with Gasteiger partial charge in [-0.25, -0.2) is 4.98 Å². The predicted octanol–water partition coefficient (Wildman–Crippen LogP) is 6.46. The third-order valence-corrected chi connectivity index (χ3v) is 7.42. The van der Waals surface area contributed by atoms with Crippen molar-refractivity contribution >= 4 is 56.3 Å². The van der Waals surface area contributed by atoms with Gasteiger partial charge in [-0.2, -0.15) is 5.26 Å². The van der Waals surface area contributed by atoms with E-state index >= 15 is 0 Å². The molecule has 2 aliphatic rings. The summed E-state index contributed by atoms with van der Waals surface area (Å²) in [6, 6.07) is 17.3. The summed E-state index contributed by atoms with van der Waals surface area (Å²) in [5.74, 6) is 0.156. The van der Waals surface area contributed by atoms with Gasteiger partial charge in [0, 0.05) is 44.4 Å². The molecule has 0 saturated heterocycles. The second kappa shape index (κ2) is 8.40. The first kappa shape index (κ1) is 23.4. The quantitative estimate of drug-likeness (QED) is 0.380. The molecular weight excluding hydrogens is 526 g/mol. The fraction of sp³-hybridized carbons (Fsp3) is 0.222. The number of hydrogen-bond acceptors (Lipinski definition) is 6. The largest absolute Gasteiger partial charge is 0.397 e. The minimum absolute atomic E-state index is 0.0543. The van der Waals surface area contributed by atoms with Crippen molar-refractivity contribution in [3.8, 4) is 6.07 Å². The van der Waals surface area contributed by atoms with Gasteiger partial charge in [0.2, 0.25) is 0 Å². The molecule has 2 heterocycles. The molecule has 35 heavy (non-hydrogen) atoms. The summed E-state index contributed by atoms with van der Waals surface area (Å²) < 4.78 is 0.929. The Kier molecular flexibility index (Phi) is 5.62. The van der Waals surface area contributed by atoms with Crippen molar-refractivity contribution in [2.24, 2.45) is 5.41 Å². The number of aromatic nitrogens is 1. The van der Waals surface area contributed by atoms with E-state index in [0.717, 1.165) is 21.4 Å². The lowest BCUT2D eigenvalue weighted by molar-refractivity contribution is -0.118. The first-order chi connectivity index (χ1) is 16.6. The molecule has 1 aliphatic carbocycles. The molecule has 4 N–H and O–H groups in total. The molecule has 1 unspecified atom stereocenters. The highest BCUT2D eigenvalue weighted by Gasteiger charge is 2.45. The van der Waals surface area contributed by atoms with E-state index in [1.54, 1.807) is 12.1 Å². The fourth-order valence-electron chi connectivity index (χ4n) is 5.15. The zero-order valence-electron chi connectivity index (χ0n) is 19.3. The van der Waals surface area contributed by atoms with Crippen LogP contribution in [-0.2, 0) is 4.79 Å². The van der Waals surface area contributed by atoms with E-state index in [4.69, 9.17) is 28.1 Å². The number of hydrogen-bond donors (Lipinski definition) is 2. The van der Waals surface area contributed by atoms with Gasteiger partial charge >= 0.3 is 0 Å². The predicted molar refractivity (Wildman–Crippen MR) is 142 cm³/mol. The van der Waals surface area contributed by atoms with Gasteiger partial charge in [0.15, 0.2) is 5.78 Å². The number of carbonyl (C=O) groups is 1. The van der Waals surface area contributed by atoms with Gasteiger partial charge in [-0.1, -0.05) is 53.5 Å². The number of pyridine rings is 1. The highest BCUT2D eigenvalue weighted by atomic mass is 79.9. The van der Waals surface area contributed by atoms with E-state index in [0.29, 0.717) is 34.8 Å². The van der Waals surface area contributed by atoms with Crippen LogP contribution in [0.25, 0.3) is 0 Å². The Morgan fingerprint density at radius 3 is 2.40 bits per heavy atom. The van der Waals surface area contributed by atoms with Crippen LogP contribution >= 0.6 is 27.5 Å². The van der Waals surface area contributed by atoms with E-state index in [9.17, 15) is 10.1 Å². The Morgan fingerprint density at radius 1 is 1.11 bits per heavy atom. The van der Waals surface area contributed by atoms with Crippen molar-refractivity contribution in [3.05, 3.63) is 86.0 Å². The maximum absolute atomic E-state index is 13.8. The number of halogens is 2. The van der Waals surface area contributed by atoms with Crippen molar-refractivity contribution in [2.45, 2.75) is 32.6 Å². The SMILES string of the molecule is CC1(C)CC(=O)C2=C(C1)N(c1ccc(Br)cc1)c1nc(N)c(C#N)c(N)c1C2c1ccc(Cl)cc1. The molecule has 0 bridgehead atoms. The van der Waals surface area contributed by atoms with E-state index in [-0.39, 0.29) is 28.3 Å². The first-order valence-corrected chi connectivity index (χ1v) is 12.3. The van der Waals surface area contributed by atoms with Crippen LogP contribution in [0.2, 0.25) is 5.02 Å². The van der Waals surface area contributed by atoms with E-state index in [1.807, 2.05) is 41.3 Å². The van der Waals surface area contributed by atoms with Crippen molar-refractivity contribution in [1.29, 1.82) is 5.26 Å². The smallest absolute Gasteiger partial charge is 0.162 e. The minimum atomic E-state index is -0.493. The maximum Gasteiger partial charge on any atom is 0.162 e. The van der Waals surface area contributed by atoms with Crippen LogP contribution in [0.1, 0.15) is 49.3 Å². The van der Waals surface area contributed by atoms with E-state index in [2.05, 4.69) is 35.8 Å². The normalized spacial score (nSPS) is 18.7. The van der Waals surface area contributed by atoms with Crippen LogP contribution in [0.3, 0.4) is 0 Å². The number of rotatable bonds is 2. The molecule has 0 radical (unpaired) electrons. The van der Waals surface area contributed by atoms with Crippen molar-refractivity contribution in [2.75, 3.05) is 16.4 Å². The molecule has 2 aromatic carbocycles. The van der Waals surface area contributed by atoms with Crippen LogP contribution < -0.4 is 16.4 Å². The number of anilines is 4. The number of fused-ring (bicyclic) bond motifs is 1. The average Bonchev–Trinajstić information content (AvgIpc) is 2.79. The number of Topliss-reactive ketones (excluding diaryl/α,β-unsaturated/α-hetero) is 1. The van der Waals surface area contributed by atoms with Gasteiger partial charge in [0.25, 0.3) is 0 Å². The summed E-state index contributed by atoms with van der Waals surface area (Å²) in [5, 5.41) is 10.4. The lowest BCUT2D eigenvalue weighted by Gasteiger charge is -2.44. The third-order valence-electron chi connectivity index (χ3n) is 6.64. The number of nitrogens with zero attached hydrogens (tertiary/aromatic N) is 3. The molecule has 0 spiro atoms. The number of benzene rings is 2. The topological polar surface area (TPSA) is 109 Å². The molecule has 176 valence electrons. The zero-order valence-corrected chi connectivity index (χ0v) is 21.6. The van der Waals surface area contributed by atoms with Crippen LogP contribution in [-0.4, -0.2) is 10.8 Å². The number of nitriles is 1. The number of nitrogen functional groups attached to an aromatic ring is 2. The first-order valence-electron chi connectivity index (χ1n) is 11.2. The molecule has 3 aromatic rings. The summed E-state index contributed by atoms with van der Waals surface area (Å²) in [5.41, 5.74) is 16.8. The molecule has 0 fully saturated rings. The average molecular weight is 549 g/mol. The van der Waals surface area contributed by atoms with Gasteiger partial charge in [-0.15, -0.1) is 0 Å². The van der Waals surface area contributed by atoms with Crippen molar-refractivity contribution in [1.82, 2.24) is 4.98 Å². The molecule has 1 atom stereocenters. The zero-order chi connectivity index (χ0) is 25.1. The Balaban J connectivity index is 1.90. The molecule has 8 heteroatoms. The van der Waals surface area contributed by atoms with Crippen LogP contribution in [0.5, 0.6) is 0 Å². The lowest BCUT2D eigenvalue weighted by Crippen LogP contribution is -2.38. The van der Waals surface area contributed by atoms with Gasteiger partial charge in [0.05, 0.1) is 5.69 Å². The van der Waals surface area contributed by atoms with Crippen molar-refractivity contribution in [3.63, 3.8) is 0 Å². The second-order valence-corrected chi connectivity index (χ2v) is 11.1. The third kappa shape index (κ3) is 3.87. The molecule has 6 nitrogen and oxygen atoms in total. The highest BCUT2D eigenvalue weighted by molar-refractivity contribution is 9.10. The Bertz CT molecular complexity index is 1440. The molecule has 0 saturated carbocycles. The van der Waals surface area contributed by atoms with Crippen LogP contribution in [0, 0.1) is 16.7 Å². The summed E-state index contributed by atoms with van der Waals surface area (Å²) >= 11 is 9.68. The Morgan fingerprint density at radius 2 is 1.77 bits per heavy atom. The fourth-order valence-corrected chi connectivity index (χ4v) is 5.54. The highest BCUT2D eigenvalue weighted by Crippen LogP contribution is 2.55. The van der Waals surface area contributed by atoms with Crippen LogP contribution in [0.15, 0.2) is 64.3 Å². The maximum atomic E-state index is 13.8. The minimum Gasteiger partial charge on any atom is -0.397 e. The summed E-state index contributed by atoms with van der Waals surface area (Å²) in [6.07, 6.45) is 1.07. The standard InChI is InChI=1S/C27H23BrClN5O/c1-27(2)11-19-22(20(35)12-27)21(14-3-7-16(29)8-4-14)23-24(31)18(13-30)25(32)33-26(23)34(19)17-9-5-15(28)6-10-17/h3-10,21H,11-12H2,1-2H3,(H4,31,32,33). The number of carbonyl (C=O) groups excluding carboxylic acids is 1. The van der Waals surface area contributed by atoms with Gasteiger partial charge in [-0.3, -0.25) is 9.69 Å². The Hall–Kier alpha value is -3.34. The summed E-state index contributed by atoms with van der Waals surface area (Å²) in [4.78, 5) is 20.5. The summed E-state index contributed by atoms with van der Waals surface area (Å²) in [7, 11) is 0. The second-order valence-electron chi connectivity index (χ2n) is 9.73. The van der Waals surface area contributed by atoms with E-state index in [1.165, 1.54) is 0 Å². The number of ketones is 1. The van der Waals surface area contributed by atoms with Gasteiger partial charge in [-0.05, 0) is 53.8 Å². The van der Waals surface area contributed by atoms with Crippen LogP contribution in [0.4, 0.5) is 23.0 Å². The molecule has 1 aliphatic heterocycles. The lowest BCUT2D eigenvalue weighted by atomic mass is 9.68. The number of nitrogens with two attached hydrogens (primary N) is 2. The van der Waals surface area contributed by atoms with Gasteiger partial charge < -0.3 is 11.5 Å². The Labute approximate surface area is 217 Å². The monoisotopic (exact) mass is 547 g/mol. The molecular formula is C27H23BrClN5O. The summed E-state index contributed by atoms with van der Waals surface area (Å²) in [6.45, 7) is 4.19. The van der Waals surface area contributed by atoms with Crippen molar-refractivity contribution < 1.29 is 4.79 Å². The molecule has 1 aromatic heterocycles. The van der Waals surface area contributed by atoms with Gasteiger partial charge in [0.1, 0.15) is 23.3 Å². The molecule has 0 amide bonds. The molecule has 5 rings (SSSR count). The number of allylic oxidation sites excluding steroid dienone is 2. The van der Waals surface area contributed by atoms with E-state index < -0.39 is 5.92 Å².